The van der Waals surface area contributed by atoms with Crippen molar-refractivity contribution in [3.05, 3.63) is 35.6 Å². The van der Waals surface area contributed by atoms with Crippen molar-refractivity contribution >= 4 is 0 Å². The van der Waals surface area contributed by atoms with Gasteiger partial charge in [0.2, 0.25) is 0 Å². The zero-order chi connectivity index (χ0) is 11.5. The van der Waals surface area contributed by atoms with Crippen LogP contribution in [-0.4, -0.2) is 6.61 Å². The van der Waals surface area contributed by atoms with Crippen LogP contribution in [0.2, 0.25) is 0 Å². The van der Waals surface area contributed by atoms with Crippen LogP contribution >= 0.6 is 0 Å². The average Bonchev–Trinajstić information content (AvgIpc) is 2.30. The maximum atomic E-state index is 12.8. The minimum absolute atomic E-state index is 0.154. The summed E-state index contributed by atoms with van der Waals surface area (Å²) in [6, 6.07) is 6.70. The lowest BCUT2D eigenvalue weighted by Crippen LogP contribution is -2.23. The summed E-state index contributed by atoms with van der Waals surface area (Å²) >= 11 is 0. The van der Waals surface area contributed by atoms with Crippen molar-refractivity contribution in [3.8, 4) is 0 Å². The molecule has 2 rings (SSSR count). The van der Waals surface area contributed by atoms with Crippen molar-refractivity contribution in [2.45, 2.75) is 32.8 Å². The Morgan fingerprint density at radius 1 is 1.25 bits per heavy atom. The summed E-state index contributed by atoms with van der Waals surface area (Å²) in [6.45, 7) is 5.35. The van der Waals surface area contributed by atoms with Crippen LogP contribution in [0.15, 0.2) is 24.3 Å². The molecule has 1 nitrogen and oxygen atoms in total. The number of hydrogen-bond donors (Lipinski definition) is 0. The number of benzene rings is 1. The molecule has 1 aliphatic rings. The number of ether oxygens (including phenoxy) is 1. The molecule has 1 aromatic rings. The molecular formula is C14H19FO. The van der Waals surface area contributed by atoms with E-state index in [1.807, 2.05) is 12.1 Å². The van der Waals surface area contributed by atoms with Gasteiger partial charge < -0.3 is 4.74 Å². The quantitative estimate of drug-likeness (QED) is 0.736. The van der Waals surface area contributed by atoms with E-state index in [1.54, 1.807) is 0 Å². The van der Waals surface area contributed by atoms with Gasteiger partial charge in [-0.15, -0.1) is 0 Å². The molecule has 2 heteroatoms. The minimum Gasteiger partial charge on any atom is -0.374 e. The first-order chi connectivity index (χ1) is 7.66. The molecule has 0 N–H and O–H groups in total. The predicted octanol–water partition coefficient (Wildman–Crippen LogP) is 3.95. The van der Waals surface area contributed by atoms with Gasteiger partial charge >= 0.3 is 0 Å². The molecule has 0 radical (unpaired) electrons. The highest BCUT2D eigenvalue weighted by atomic mass is 19.1. The normalized spacial score (nSPS) is 26.0. The van der Waals surface area contributed by atoms with Crippen LogP contribution < -0.4 is 0 Å². The molecule has 0 aromatic heterocycles. The third-order valence-corrected chi connectivity index (χ3v) is 3.51. The maximum Gasteiger partial charge on any atom is 0.123 e. The van der Waals surface area contributed by atoms with E-state index < -0.39 is 0 Å². The van der Waals surface area contributed by atoms with E-state index in [0.717, 1.165) is 30.9 Å². The Balaban J connectivity index is 2.06. The Morgan fingerprint density at radius 3 is 2.56 bits per heavy atom. The fraction of sp³-hybridized carbons (Fsp3) is 0.571. The third kappa shape index (κ3) is 2.62. The predicted molar refractivity (Wildman–Crippen MR) is 62.7 cm³/mol. The lowest BCUT2D eigenvalue weighted by molar-refractivity contribution is -0.0205. The summed E-state index contributed by atoms with van der Waals surface area (Å²) in [5.74, 6) is 1.25. The van der Waals surface area contributed by atoms with E-state index in [0.29, 0.717) is 5.92 Å². The average molecular weight is 222 g/mol. The highest BCUT2D eigenvalue weighted by Crippen LogP contribution is 2.35. The molecular weight excluding hydrogens is 203 g/mol. The molecule has 0 bridgehead atoms. The second-order valence-electron chi connectivity index (χ2n) is 4.94. The van der Waals surface area contributed by atoms with Crippen molar-refractivity contribution < 1.29 is 9.13 Å². The first kappa shape index (κ1) is 11.6. The molecule has 2 atom stereocenters. The van der Waals surface area contributed by atoms with E-state index in [-0.39, 0.29) is 11.9 Å². The Hall–Kier alpha value is -0.890. The van der Waals surface area contributed by atoms with Crippen LogP contribution in [0.25, 0.3) is 0 Å². The molecule has 1 aromatic carbocycles. The molecule has 1 saturated heterocycles. The lowest BCUT2D eigenvalue weighted by Gasteiger charge is -2.32. The van der Waals surface area contributed by atoms with Gasteiger partial charge in [0, 0.05) is 6.61 Å². The van der Waals surface area contributed by atoms with Crippen molar-refractivity contribution in [3.63, 3.8) is 0 Å². The summed E-state index contributed by atoms with van der Waals surface area (Å²) in [5.41, 5.74) is 1.10. The van der Waals surface area contributed by atoms with Crippen LogP contribution in [0, 0.1) is 17.7 Å². The molecule has 0 aliphatic carbocycles. The van der Waals surface area contributed by atoms with Gasteiger partial charge in [-0.3, -0.25) is 0 Å². The highest BCUT2D eigenvalue weighted by molar-refractivity contribution is 5.19. The van der Waals surface area contributed by atoms with Gasteiger partial charge in [0.05, 0.1) is 6.10 Å². The summed E-state index contributed by atoms with van der Waals surface area (Å²) < 4.78 is 18.6. The molecule has 1 heterocycles. The van der Waals surface area contributed by atoms with Crippen molar-refractivity contribution in [2.75, 3.05) is 6.61 Å². The van der Waals surface area contributed by atoms with Gasteiger partial charge in [0.15, 0.2) is 0 Å². The van der Waals surface area contributed by atoms with Crippen molar-refractivity contribution in [1.29, 1.82) is 0 Å². The van der Waals surface area contributed by atoms with E-state index in [1.165, 1.54) is 12.1 Å². The Bertz CT molecular complexity index is 331. The molecule has 88 valence electrons. The van der Waals surface area contributed by atoms with Crippen LogP contribution in [0.1, 0.15) is 38.4 Å². The van der Waals surface area contributed by atoms with Crippen LogP contribution in [0.3, 0.4) is 0 Å². The Kier molecular flexibility index (Phi) is 3.59. The van der Waals surface area contributed by atoms with Crippen LogP contribution in [0.5, 0.6) is 0 Å². The standard InChI is InChI=1S/C14H19FO/c1-10(2)12-7-8-16-14(9-12)11-3-5-13(15)6-4-11/h3-6,10,12,14H,7-9H2,1-2H3. The number of hydrogen-bond acceptors (Lipinski definition) is 1. The maximum absolute atomic E-state index is 12.8. The molecule has 1 aliphatic heterocycles. The number of rotatable bonds is 2. The first-order valence-electron chi connectivity index (χ1n) is 6.04. The third-order valence-electron chi connectivity index (χ3n) is 3.51. The van der Waals surface area contributed by atoms with Gasteiger partial charge in [-0.1, -0.05) is 26.0 Å². The van der Waals surface area contributed by atoms with Gasteiger partial charge in [0.1, 0.15) is 5.82 Å². The van der Waals surface area contributed by atoms with Gasteiger partial charge in [-0.25, -0.2) is 4.39 Å². The summed E-state index contributed by atoms with van der Waals surface area (Å²) in [4.78, 5) is 0. The SMILES string of the molecule is CC(C)C1CCOC(c2ccc(F)cc2)C1. The zero-order valence-electron chi connectivity index (χ0n) is 9.95. The Labute approximate surface area is 96.6 Å². The summed E-state index contributed by atoms with van der Waals surface area (Å²) in [7, 11) is 0. The minimum atomic E-state index is -0.181. The monoisotopic (exact) mass is 222 g/mol. The van der Waals surface area contributed by atoms with Crippen LogP contribution in [0.4, 0.5) is 4.39 Å². The van der Waals surface area contributed by atoms with E-state index >= 15 is 0 Å². The molecule has 0 spiro atoms. The molecule has 2 unspecified atom stereocenters. The molecule has 1 fully saturated rings. The van der Waals surface area contributed by atoms with Gasteiger partial charge in [-0.05, 0) is 42.4 Å². The molecule has 16 heavy (non-hydrogen) atoms. The van der Waals surface area contributed by atoms with Crippen molar-refractivity contribution in [1.82, 2.24) is 0 Å². The highest BCUT2D eigenvalue weighted by Gasteiger charge is 2.25. The zero-order valence-corrected chi connectivity index (χ0v) is 9.95. The largest absolute Gasteiger partial charge is 0.374 e. The molecule has 0 amide bonds. The first-order valence-corrected chi connectivity index (χ1v) is 6.04. The molecule has 0 saturated carbocycles. The van der Waals surface area contributed by atoms with E-state index in [9.17, 15) is 4.39 Å². The van der Waals surface area contributed by atoms with E-state index in [2.05, 4.69) is 13.8 Å². The van der Waals surface area contributed by atoms with Gasteiger partial charge in [-0.2, -0.15) is 0 Å². The fourth-order valence-electron chi connectivity index (χ4n) is 2.34. The van der Waals surface area contributed by atoms with Gasteiger partial charge in [0.25, 0.3) is 0 Å². The summed E-state index contributed by atoms with van der Waals surface area (Å²) in [5, 5.41) is 0. The fourth-order valence-corrected chi connectivity index (χ4v) is 2.34. The number of halogens is 1. The van der Waals surface area contributed by atoms with Crippen molar-refractivity contribution in [2.24, 2.45) is 11.8 Å². The smallest absolute Gasteiger partial charge is 0.123 e. The topological polar surface area (TPSA) is 9.23 Å². The summed E-state index contributed by atoms with van der Waals surface area (Å²) in [6.07, 6.45) is 2.36. The second-order valence-corrected chi connectivity index (χ2v) is 4.94. The second kappa shape index (κ2) is 4.96. The lowest BCUT2D eigenvalue weighted by atomic mass is 9.84. The van der Waals surface area contributed by atoms with E-state index in [4.69, 9.17) is 4.74 Å². The Morgan fingerprint density at radius 2 is 1.94 bits per heavy atom. The van der Waals surface area contributed by atoms with Crippen LogP contribution in [-0.2, 0) is 4.74 Å².